The zero-order chi connectivity index (χ0) is 20.5. The molecule has 3 rings (SSSR count). The molecule has 1 aliphatic rings. The molecular formula is C24H30N2O3. The van der Waals surface area contributed by atoms with Crippen LogP contribution in [0.3, 0.4) is 0 Å². The molecule has 154 valence electrons. The fraction of sp³-hybridized carbons (Fsp3) is 0.417. The molecule has 0 atom stereocenters. The molecule has 0 spiro atoms. The molecule has 29 heavy (non-hydrogen) atoms. The van der Waals surface area contributed by atoms with Gasteiger partial charge < -0.3 is 9.64 Å². The average Bonchev–Trinajstić information content (AvgIpc) is 2.78. The van der Waals surface area contributed by atoms with Crippen LogP contribution in [0, 0.1) is 0 Å². The van der Waals surface area contributed by atoms with Gasteiger partial charge in [0.25, 0.3) is 0 Å². The molecule has 1 heterocycles. The highest BCUT2D eigenvalue weighted by atomic mass is 16.5. The monoisotopic (exact) mass is 394 g/mol. The van der Waals surface area contributed by atoms with E-state index < -0.39 is 0 Å². The summed E-state index contributed by atoms with van der Waals surface area (Å²) in [5, 5.41) is 0. The summed E-state index contributed by atoms with van der Waals surface area (Å²) in [5.74, 6) is 1.15. The standard InChI is InChI=1S/C24H30N2O3/c1-2-20-10-12-21(13-11-20)23(27)19-25-14-16-26(17-15-25)24(28)9-6-18-29-22-7-4-3-5-8-22/h3-5,7-8,10-13H,2,6,9,14-19H2,1H3. The number of Topliss-reactive ketones (excluding diaryl/α,β-unsaturated/α-hetero) is 1. The molecule has 0 N–H and O–H groups in total. The van der Waals surface area contributed by atoms with Gasteiger partial charge in [-0.15, -0.1) is 0 Å². The lowest BCUT2D eigenvalue weighted by atomic mass is 10.1. The van der Waals surface area contributed by atoms with Crippen molar-refractivity contribution in [1.82, 2.24) is 9.80 Å². The van der Waals surface area contributed by atoms with Crippen LogP contribution in [0.1, 0.15) is 35.7 Å². The van der Waals surface area contributed by atoms with Crippen LogP contribution in [0.2, 0.25) is 0 Å². The van der Waals surface area contributed by atoms with Gasteiger partial charge in [-0.2, -0.15) is 0 Å². The van der Waals surface area contributed by atoms with E-state index in [-0.39, 0.29) is 11.7 Å². The van der Waals surface area contributed by atoms with Crippen molar-refractivity contribution in [2.45, 2.75) is 26.2 Å². The van der Waals surface area contributed by atoms with Crippen LogP contribution in [-0.4, -0.2) is 60.8 Å². The zero-order valence-electron chi connectivity index (χ0n) is 17.2. The number of rotatable bonds is 9. The minimum absolute atomic E-state index is 0.144. The van der Waals surface area contributed by atoms with Crippen molar-refractivity contribution in [3.05, 3.63) is 65.7 Å². The molecule has 1 saturated heterocycles. The van der Waals surface area contributed by atoms with Crippen molar-refractivity contribution < 1.29 is 14.3 Å². The summed E-state index contributed by atoms with van der Waals surface area (Å²) in [6, 6.07) is 17.5. The van der Waals surface area contributed by atoms with Crippen molar-refractivity contribution in [3.63, 3.8) is 0 Å². The number of ketones is 1. The first kappa shape index (κ1) is 21.1. The first-order chi connectivity index (χ1) is 14.2. The number of carbonyl (C=O) groups excluding carboxylic acids is 2. The van der Waals surface area contributed by atoms with E-state index in [1.165, 1.54) is 5.56 Å². The van der Waals surface area contributed by atoms with Crippen LogP contribution in [0.4, 0.5) is 0 Å². The number of ether oxygens (including phenoxy) is 1. The van der Waals surface area contributed by atoms with E-state index >= 15 is 0 Å². The maximum absolute atomic E-state index is 12.5. The highest BCUT2D eigenvalue weighted by Crippen LogP contribution is 2.11. The molecule has 0 aromatic heterocycles. The van der Waals surface area contributed by atoms with E-state index in [4.69, 9.17) is 4.74 Å². The van der Waals surface area contributed by atoms with E-state index in [1.54, 1.807) is 0 Å². The number of carbonyl (C=O) groups is 2. The quantitative estimate of drug-likeness (QED) is 0.483. The maximum Gasteiger partial charge on any atom is 0.222 e. The third-order valence-corrected chi connectivity index (χ3v) is 5.32. The van der Waals surface area contributed by atoms with Crippen LogP contribution in [0.5, 0.6) is 5.75 Å². The number of benzene rings is 2. The van der Waals surface area contributed by atoms with Crippen LogP contribution >= 0.6 is 0 Å². The number of amides is 1. The topological polar surface area (TPSA) is 49.9 Å². The van der Waals surface area contributed by atoms with E-state index in [0.29, 0.717) is 39.1 Å². The van der Waals surface area contributed by atoms with Gasteiger partial charge in [-0.3, -0.25) is 14.5 Å². The minimum Gasteiger partial charge on any atom is -0.494 e. The van der Waals surface area contributed by atoms with Crippen molar-refractivity contribution in [3.8, 4) is 5.75 Å². The molecule has 2 aromatic carbocycles. The number of para-hydroxylation sites is 1. The van der Waals surface area contributed by atoms with E-state index in [2.05, 4.69) is 11.8 Å². The number of piperazine rings is 1. The Kier molecular flexibility index (Phi) is 7.82. The SMILES string of the molecule is CCc1ccc(C(=O)CN2CCN(C(=O)CCCOc3ccccc3)CC2)cc1. The Hall–Kier alpha value is -2.66. The van der Waals surface area contributed by atoms with E-state index in [9.17, 15) is 9.59 Å². The van der Waals surface area contributed by atoms with Crippen LogP contribution < -0.4 is 4.74 Å². The lowest BCUT2D eigenvalue weighted by Crippen LogP contribution is -2.49. The van der Waals surface area contributed by atoms with Crippen LogP contribution in [0.15, 0.2) is 54.6 Å². The molecule has 5 heteroatoms. The summed E-state index contributed by atoms with van der Waals surface area (Å²) < 4.78 is 5.64. The number of hydrogen-bond donors (Lipinski definition) is 0. The van der Waals surface area contributed by atoms with Gasteiger partial charge in [-0.05, 0) is 30.5 Å². The second kappa shape index (κ2) is 10.8. The summed E-state index contributed by atoms with van der Waals surface area (Å²) in [7, 11) is 0. The van der Waals surface area contributed by atoms with Gasteiger partial charge in [0.05, 0.1) is 13.2 Å². The first-order valence-corrected chi connectivity index (χ1v) is 10.5. The van der Waals surface area contributed by atoms with Gasteiger partial charge in [0.1, 0.15) is 5.75 Å². The molecule has 0 aliphatic carbocycles. The minimum atomic E-state index is 0.144. The molecule has 0 radical (unpaired) electrons. The van der Waals surface area contributed by atoms with Gasteiger partial charge in [0.2, 0.25) is 5.91 Å². The molecule has 1 aliphatic heterocycles. The third-order valence-electron chi connectivity index (χ3n) is 5.32. The Morgan fingerprint density at radius 1 is 0.931 bits per heavy atom. The average molecular weight is 395 g/mol. The Bertz CT molecular complexity index is 782. The molecule has 1 fully saturated rings. The molecular weight excluding hydrogens is 364 g/mol. The summed E-state index contributed by atoms with van der Waals surface area (Å²) in [5.41, 5.74) is 2.00. The van der Waals surface area contributed by atoms with Gasteiger partial charge in [-0.1, -0.05) is 49.4 Å². The van der Waals surface area contributed by atoms with E-state index in [1.807, 2.05) is 59.5 Å². The Morgan fingerprint density at radius 3 is 2.28 bits per heavy atom. The van der Waals surface area contributed by atoms with Crippen LogP contribution in [0.25, 0.3) is 0 Å². The summed E-state index contributed by atoms with van der Waals surface area (Å²) >= 11 is 0. The molecule has 0 bridgehead atoms. The highest BCUT2D eigenvalue weighted by Gasteiger charge is 2.22. The van der Waals surface area contributed by atoms with Gasteiger partial charge in [-0.25, -0.2) is 0 Å². The number of aryl methyl sites for hydroxylation is 1. The van der Waals surface area contributed by atoms with Crippen LogP contribution in [-0.2, 0) is 11.2 Å². The molecule has 0 unspecified atom stereocenters. The summed E-state index contributed by atoms with van der Waals surface area (Å²) in [6.07, 6.45) is 2.18. The van der Waals surface area contributed by atoms with Crippen molar-refractivity contribution in [2.24, 2.45) is 0 Å². The highest BCUT2D eigenvalue weighted by molar-refractivity contribution is 5.97. The number of nitrogens with zero attached hydrogens (tertiary/aromatic N) is 2. The van der Waals surface area contributed by atoms with Crippen molar-refractivity contribution >= 4 is 11.7 Å². The lowest BCUT2D eigenvalue weighted by molar-refractivity contribution is -0.133. The van der Waals surface area contributed by atoms with E-state index in [0.717, 1.165) is 30.8 Å². The van der Waals surface area contributed by atoms with Gasteiger partial charge in [0, 0.05) is 38.2 Å². The summed E-state index contributed by atoms with van der Waals surface area (Å²) in [6.45, 7) is 5.91. The predicted molar refractivity (Wildman–Crippen MR) is 114 cm³/mol. The fourth-order valence-electron chi connectivity index (χ4n) is 3.46. The molecule has 2 aromatic rings. The first-order valence-electron chi connectivity index (χ1n) is 10.5. The van der Waals surface area contributed by atoms with Crippen molar-refractivity contribution in [2.75, 3.05) is 39.3 Å². The maximum atomic E-state index is 12.5. The predicted octanol–water partition coefficient (Wildman–Crippen LogP) is 3.44. The number of hydrogen-bond acceptors (Lipinski definition) is 4. The summed E-state index contributed by atoms with van der Waals surface area (Å²) in [4.78, 5) is 28.9. The molecule has 5 nitrogen and oxygen atoms in total. The Labute approximate surface area is 173 Å². The molecule has 0 saturated carbocycles. The lowest BCUT2D eigenvalue weighted by Gasteiger charge is -2.34. The Balaban J connectivity index is 1.34. The zero-order valence-corrected chi connectivity index (χ0v) is 17.2. The Morgan fingerprint density at radius 2 is 1.62 bits per heavy atom. The largest absolute Gasteiger partial charge is 0.494 e. The molecule has 1 amide bonds. The van der Waals surface area contributed by atoms with Gasteiger partial charge >= 0.3 is 0 Å². The second-order valence-electron chi connectivity index (χ2n) is 7.40. The second-order valence-corrected chi connectivity index (χ2v) is 7.40. The normalized spacial score (nSPS) is 14.6. The van der Waals surface area contributed by atoms with Gasteiger partial charge in [0.15, 0.2) is 5.78 Å². The third kappa shape index (κ3) is 6.43. The smallest absolute Gasteiger partial charge is 0.222 e. The van der Waals surface area contributed by atoms with Crippen molar-refractivity contribution in [1.29, 1.82) is 0 Å². The fourth-order valence-corrected chi connectivity index (χ4v) is 3.46.